The Balaban J connectivity index is 1.82. The van der Waals surface area contributed by atoms with E-state index in [2.05, 4.69) is 5.32 Å². The lowest BCUT2D eigenvalue weighted by atomic mass is 10.0. The van der Waals surface area contributed by atoms with Crippen LogP contribution in [0.25, 0.3) is 0 Å². The van der Waals surface area contributed by atoms with Crippen molar-refractivity contribution in [3.05, 3.63) is 99.0 Å². The fraction of sp³-hybridized carbons (Fsp3) is 0.333. The van der Waals surface area contributed by atoms with Crippen LogP contribution >= 0.6 is 34.8 Å². The summed E-state index contributed by atoms with van der Waals surface area (Å²) < 4.78 is 5.77. The summed E-state index contributed by atoms with van der Waals surface area (Å²) in [6.07, 6.45) is 1.88. The highest BCUT2D eigenvalue weighted by atomic mass is 35.5. The molecule has 0 aliphatic heterocycles. The molecule has 8 heteroatoms. The van der Waals surface area contributed by atoms with E-state index < -0.39 is 6.04 Å². The fourth-order valence-electron chi connectivity index (χ4n) is 3.92. The van der Waals surface area contributed by atoms with E-state index in [0.29, 0.717) is 40.3 Å². The second-order valence-electron chi connectivity index (χ2n) is 9.20. The molecule has 0 fully saturated rings. The first kappa shape index (κ1) is 29.8. The summed E-state index contributed by atoms with van der Waals surface area (Å²) in [7, 11) is 0. The van der Waals surface area contributed by atoms with Gasteiger partial charge in [-0.2, -0.15) is 0 Å². The van der Waals surface area contributed by atoms with E-state index in [9.17, 15) is 9.59 Å². The van der Waals surface area contributed by atoms with Gasteiger partial charge in [-0.15, -0.1) is 0 Å². The largest absolute Gasteiger partial charge is 0.494 e. The number of carbonyl (C=O) groups is 2. The first-order chi connectivity index (χ1) is 18.3. The normalized spacial score (nSPS) is 12.4. The van der Waals surface area contributed by atoms with Crippen molar-refractivity contribution in [1.82, 2.24) is 10.2 Å². The topological polar surface area (TPSA) is 58.6 Å². The smallest absolute Gasteiger partial charge is 0.243 e. The second kappa shape index (κ2) is 15.0. The number of nitrogens with one attached hydrogen (secondary N) is 1. The zero-order chi connectivity index (χ0) is 27.5. The lowest BCUT2D eigenvalue weighted by Gasteiger charge is -2.32. The lowest BCUT2D eigenvalue weighted by molar-refractivity contribution is -0.141. The van der Waals surface area contributed by atoms with Crippen LogP contribution in [0.15, 0.2) is 72.8 Å². The Labute approximate surface area is 240 Å². The first-order valence-electron chi connectivity index (χ1n) is 12.7. The highest BCUT2D eigenvalue weighted by molar-refractivity contribution is 6.42. The second-order valence-corrected chi connectivity index (χ2v) is 10.5. The quantitative estimate of drug-likeness (QED) is 0.217. The van der Waals surface area contributed by atoms with Crippen LogP contribution in [0.2, 0.25) is 15.1 Å². The zero-order valence-corrected chi connectivity index (χ0v) is 23.9. The molecule has 3 aromatic carbocycles. The SMILES string of the molecule is CC[C@@H](C)NC(=O)[C@@H](Cc1ccccc1)N(Cc1ccc(Cl)c(Cl)c1)C(=O)CCCOc1ccc(Cl)cc1. The molecule has 0 heterocycles. The number of hydrogen-bond acceptors (Lipinski definition) is 3. The van der Waals surface area contributed by atoms with Crippen LogP contribution in [0, 0.1) is 0 Å². The standard InChI is InChI=1S/C30H33Cl3N2O3/c1-3-21(2)34-30(37)28(19-22-8-5-4-6-9-22)35(20-23-11-16-26(32)27(33)18-23)29(36)10-7-17-38-25-14-12-24(31)13-15-25/h4-6,8-9,11-16,18,21,28H,3,7,10,17,19-20H2,1-2H3,(H,34,37)/t21-,28-/m1/s1. The van der Waals surface area contributed by atoms with E-state index in [4.69, 9.17) is 39.5 Å². The molecule has 2 atom stereocenters. The Bertz CT molecular complexity index is 1190. The Morgan fingerprint density at radius 3 is 2.29 bits per heavy atom. The Kier molecular flexibility index (Phi) is 11.8. The van der Waals surface area contributed by atoms with Gasteiger partial charge in [-0.3, -0.25) is 9.59 Å². The summed E-state index contributed by atoms with van der Waals surface area (Å²) in [6, 6.07) is 21.3. The first-order valence-corrected chi connectivity index (χ1v) is 13.9. The number of ether oxygens (including phenoxy) is 1. The van der Waals surface area contributed by atoms with Gasteiger partial charge in [0, 0.05) is 30.5 Å². The molecule has 0 saturated heterocycles. The molecule has 0 unspecified atom stereocenters. The summed E-state index contributed by atoms with van der Waals surface area (Å²) in [5, 5.41) is 4.53. The van der Waals surface area contributed by atoms with Gasteiger partial charge in [-0.1, -0.05) is 78.1 Å². The molecule has 0 saturated carbocycles. The summed E-state index contributed by atoms with van der Waals surface area (Å²) >= 11 is 18.3. The van der Waals surface area contributed by atoms with E-state index >= 15 is 0 Å². The van der Waals surface area contributed by atoms with Crippen LogP contribution < -0.4 is 10.1 Å². The van der Waals surface area contributed by atoms with Crippen molar-refractivity contribution < 1.29 is 14.3 Å². The molecule has 0 aromatic heterocycles. The molecule has 202 valence electrons. The van der Waals surface area contributed by atoms with Gasteiger partial charge < -0.3 is 15.0 Å². The monoisotopic (exact) mass is 574 g/mol. The third kappa shape index (κ3) is 9.23. The minimum atomic E-state index is -0.703. The van der Waals surface area contributed by atoms with Gasteiger partial charge in [-0.25, -0.2) is 0 Å². The van der Waals surface area contributed by atoms with Crippen molar-refractivity contribution >= 4 is 46.6 Å². The molecular formula is C30H33Cl3N2O3. The lowest BCUT2D eigenvalue weighted by Crippen LogP contribution is -2.52. The summed E-state index contributed by atoms with van der Waals surface area (Å²) in [4.78, 5) is 28.8. The van der Waals surface area contributed by atoms with Gasteiger partial charge >= 0.3 is 0 Å². The van der Waals surface area contributed by atoms with Crippen molar-refractivity contribution in [2.75, 3.05) is 6.61 Å². The molecule has 0 spiro atoms. The molecular weight excluding hydrogens is 543 g/mol. The van der Waals surface area contributed by atoms with Gasteiger partial charge in [0.05, 0.1) is 16.7 Å². The van der Waals surface area contributed by atoms with Gasteiger partial charge in [0.15, 0.2) is 0 Å². The third-order valence-electron chi connectivity index (χ3n) is 6.23. The minimum Gasteiger partial charge on any atom is -0.494 e. The number of hydrogen-bond donors (Lipinski definition) is 1. The van der Waals surface area contributed by atoms with Crippen LogP contribution in [-0.2, 0) is 22.6 Å². The predicted molar refractivity (Wildman–Crippen MR) is 155 cm³/mol. The number of nitrogens with zero attached hydrogens (tertiary/aromatic N) is 1. The van der Waals surface area contributed by atoms with E-state index in [1.165, 1.54) is 0 Å². The summed E-state index contributed by atoms with van der Waals surface area (Å²) in [5.41, 5.74) is 1.76. The predicted octanol–water partition coefficient (Wildman–Crippen LogP) is 7.36. The molecule has 3 aromatic rings. The molecule has 3 rings (SSSR count). The van der Waals surface area contributed by atoms with E-state index in [1.807, 2.05) is 50.2 Å². The van der Waals surface area contributed by atoms with E-state index in [-0.39, 0.29) is 30.8 Å². The number of benzene rings is 3. The van der Waals surface area contributed by atoms with Crippen molar-refractivity contribution in [3.63, 3.8) is 0 Å². The average Bonchev–Trinajstić information content (AvgIpc) is 2.91. The van der Waals surface area contributed by atoms with E-state index in [1.54, 1.807) is 41.3 Å². The third-order valence-corrected chi connectivity index (χ3v) is 7.22. The molecule has 0 radical (unpaired) electrons. The molecule has 2 amide bonds. The maximum absolute atomic E-state index is 13.7. The summed E-state index contributed by atoms with van der Waals surface area (Å²) in [5.74, 6) is 0.356. The van der Waals surface area contributed by atoms with Crippen LogP contribution in [0.5, 0.6) is 5.75 Å². The molecule has 1 N–H and O–H groups in total. The zero-order valence-electron chi connectivity index (χ0n) is 21.6. The van der Waals surface area contributed by atoms with Gasteiger partial charge in [0.1, 0.15) is 11.8 Å². The van der Waals surface area contributed by atoms with Gasteiger partial charge in [-0.05, 0) is 67.3 Å². The Morgan fingerprint density at radius 1 is 0.921 bits per heavy atom. The molecule has 38 heavy (non-hydrogen) atoms. The van der Waals surface area contributed by atoms with Crippen molar-refractivity contribution in [2.24, 2.45) is 0 Å². The molecule has 0 aliphatic carbocycles. The minimum absolute atomic E-state index is 0.0181. The number of carbonyl (C=O) groups excluding carboxylic acids is 2. The molecule has 0 aliphatic rings. The van der Waals surface area contributed by atoms with Crippen molar-refractivity contribution in [2.45, 2.75) is 58.2 Å². The number of amides is 2. The van der Waals surface area contributed by atoms with Crippen LogP contribution in [0.1, 0.15) is 44.2 Å². The average molecular weight is 576 g/mol. The highest BCUT2D eigenvalue weighted by Crippen LogP contribution is 2.25. The van der Waals surface area contributed by atoms with Gasteiger partial charge in [0.2, 0.25) is 11.8 Å². The van der Waals surface area contributed by atoms with Crippen LogP contribution in [0.3, 0.4) is 0 Å². The highest BCUT2D eigenvalue weighted by Gasteiger charge is 2.30. The van der Waals surface area contributed by atoms with Crippen LogP contribution in [-0.4, -0.2) is 35.4 Å². The van der Waals surface area contributed by atoms with Gasteiger partial charge in [0.25, 0.3) is 0 Å². The van der Waals surface area contributed by atoms with Crippen molar-refractivity contribution in [3.8, 4) is 5.75 Å². The Morgan fingerprint density at radius 2 is 1.63 bits per heavy atom. The maximum Gasteiger partial charge on any atom is 0.243 e. The number of halogens is 3. The maximum atomic E-state index is 13.7. The summed E-state index contributed by atoms with van der Waals surface area (Å²) in [6.45, 7) is 4.54. The van der Waals surface area contributed by atoms with Crippen LogP contribution in [0.4, 0.5) is 0 Å². The Hall–Kier alpha value is -2.73. The van der Waals surface area contributed by atoms with E-state index in [0.717, 1.165) is 17.5 Å². The fourth-order valence-corrected chi connectivity index (χ4v) is 4.36. The molecule has 5 nitrogen and oxygen atoms in total. The van der Waals surface area contributed by atoms with Crippen molar-refractivity contribution in [1.29, 1.82) is 0 Å². The molecule has 0 bridgehead atoms. The number of rotatable bonds is 13.